The Morgan fingerprint density at radius 2 is 1.95 bits per heavy atom. The van der Waals surface area contributed by atoms with Crippen molar-refractivity contribution in [2.75, 3.05) is 6.61 Å². The molecule has 2 rings (SSSR count). The Kier molecular flexibility index (Phi) is 4.71. The highest BCUT2D eigenvalue weighted by Gasteiger charge is 2.44. The zero-order chi connectivity index (χ0) is 16.5. The van der Waals surface area contributed by atoms with Crippen LogP contribution in [0.5, 0.6) is 0 Å². The number of aliphatic hydroxyl groups is 3. The van der Waals surface area contributed by atoms with Crippen molar-refractivity contribution >= 4 is 5.97 Å². The first-order chi connectivity index (χ1) is 10.2. The van der Waals surface area contributed by atoms with Gasteiger partial charge in [-0.3, -0.25) is 0 Å². The van der Waals surface area contributed by atoms with Gasteiger partial charge in [-0.25, -0.2) is 4.79 Å². The highest BCUT2D eigenvalue weighted by atomic mass is 19.4. The smallest absolute Gasteiger partial charge is 0.416 e. The molecule has 1 aromatic rings. The molecule has 1 saturated heterocycles. The third-order valence-corrected chi connectivity index (χ3v) is 3.15. The van der Waals surface area contributed by atoms with Gasteiger partial charge in [-0.1, -0.05) is 6.07 Å². The predicted molar refractivity (Wildman–Crippen MR) is 64.6 cm³/mol. The van der Waals surface area contributed by atoms with Crippen molar-refractivity contribution in [3.63, 3.8) is 0 Å². The Morgan fingerprint density at radius 3 is 2.50 bits per heavy atom. The molecule has 6 nitrogen and oxygen atoms in total. The van der Waals surface area contributed by atoms with Crippen LogP contribution in [0.15, 0.2) is 24.3 Å². The van der Waals surface area contributed by atoms with Gasteiger partial charge < -0.3 is 24.8 Å². The first kappa shape index (κ1) is 16.7. The fourth-order valence-electron chi connectivity index (χ4n) is 1.96. The lowest BCUT2D eigenvalue weighted by Crippen LogP contribution is -2.35. The van der Waals surface area contributed by atoms with Gasteiger partial charge >= 0.3 is 12.1 Å². The van der Waals surface area contributed by atoms with E-state index in [4.69, 9.17) is 14.6 Å². The van der Waals surface area contributed by atoms with E-state index in [1.165, 1.54) is 0 Å². The molecule has 1 fully saturated rings. The maximum absolute atomic E-state index is 12.6. The average molecular weight is 322 g/mol. The van der Waals surface area contributed by atoms with Crippen LogP contribution in [-0.4, -0.2) is 52.5 Å². The second-order valence-corrected chi connectivity index (χ2v) is 4.69. The van der Waals surface area contributed by atoms with Crippen molar-refractivity contribution in [2.45, 2.75) is 30.8 Å². The maximum Gasteiger partial charge on any atom is 0.416 e. The van der Waals surface area contributed by atoms with Crippen LogP contribution < -0.4 is 0 Å². The van der Waals surface area contributed by atoms with Crippen LogP contribution in [0.4, 0.5) is 13.2 Å². The lowest BCUT2D eigenvalue weighted by molar-refractivity contribution is -0.139. The van der Waals surface area contributed by atoms with E-state index in [2.05, 4.69) is 0 Å². The molecule has 1 aliphatic rings. The van der Waals surface area contributed by atoms with Crippen molar-refractivity contribution < 1.29 is 42.8 Å². The number of aliphatic hydroxyl groups excluding tert-OH is 3. The van der Waals surface area contributed by atoms with E-state index >= 15 is 0 Å². The van der Waals surface area contributed by atoms with Gasteiger partial charge in [-0.05, 0) is 18.2 Å². The second kappa shape index (κ2) is 6.21. The largest absolute Gasteiger partial charge is 0.429 e. The van der Waals surface area contributed by atoms with E-state index in [9.17, 15) is 28.2 Å². The summed E-state index contributed by atoms with van der Waals surface area (Å²) in [6.45, 7) is -0.615. The number of hydrogen-bond acceptors (Lipinski definition) is 6. The molecule has 1 aliphatic heterocycles. The van der Waals surface area contributed by atoms with Gasteiger partial charge in [0.25, 0.3) is 0 Å². The number of ether oxygens (including phenoxy) is 2. The van der Waals surface area contributed by atoms with Crippen LogP contribution >= 0.6 is 0 Å². The Bertz CT molecular complexity index is 547. The van der Waals surface area contributed by atoms with Gasteiger partial charge in [-0.15, -0.1) is 0 Å². The standard InChI is InChI=1S/C13H13F3O6/c14-13(15,16)7-3-1-2-6(4-7)11(20)22-12-10(19)9(18)8(5-17)21-12/h1-4,8-10,12,17-19H,5H2/t8-,9+,10-,12?/m1/s1. The zero-order valence-corrected chi connectivity index (χ0v) is 11.0. The fraction of sp³-hybridized carbons (Fsp3) is 0.462. The molecule has 0 spiro atoms. The Labute approximate surface area is 122 Å². The quantitative estimate of drug-likeness (QED) is 0.693. The zero-order valence-electron chi connectivity index (χ0n) is 11.0. The minimum Gasteiger partial charge on any atom is -0.429 e. The van der Waals surface area contributed by atoms with Crippen LogP contribution in [-0.2, 0) is 15.7 Å². The number of esters is 1. The maximum atomic E-state index is 12.6. The molecule has 1 aromatic carbocycles. The van der Waals surface area contributed by atoms with Gasteiger partial charge in [0.05, 0.1) is 17.7 Å². The van der Waals surface area contributed by atoms with Crippen molar-refractivity contribution in [3.05, 3.63) is 35.4 Å². The molecule has 0 bridgehead atoms. The number of hydrogen-bond donors (Lipinski definition) is 3. The van der Waals surface area contributed by atoms with Crippen LogP contribution in [0.25, 0.3) is 0 Å². The topological polar surface area (TPSA) is 96.2 Å². The summed E-state index contributed by atoms with van der Waals surface area (Å²) in [5.74, 6) is -1.15. The van der Waals surface area contributed by atoms with Gasteiger partial charge in [0.15, 0.2) is 0 Å². The highest BCUT2D eigenvalue weighted by Crippen LogP contribution is 2.30. The summed E-state index contributed by atoms with van der Waals surface area (Å²) < 4.78 is 47.3. The molecule has 0 radical (unpaired) electrons. The van der Waals surface area contributed by atoms with Gasteiger partial charge in [0.2, 0.25) is 6.29 Å². The summed E-state index contributed by atoms with van der Waals surface area (Å²) in [6.07, 6.45) is -10.4. The predicted octanol–water partition coefficient (Wildman–Crippen LogP) is 0.301. The van der Waals surface area contributed by atoms with E-state index in [1.807, 2.05) is 0 Å². The Morgan fingerprint density at radius 1 is 1.27 bits per heavy atom. The lowest BCUT2D eigenvalue weighted by atomic mass is 10.1. The monoisotopic (exact) mass is 322 g/mol. The molecule has 0 aliphatic carbocycles. The fourth-order valence-corrected chi connectivity index (χ4v) is 1.96. The molecule has 9 heteroatoms. The Hall–Kier alpha value is -1.68. The van der Waals surface area contributed by atoms with E-state index in [0.29, 0.717) is 6.07 Å². The van der Waals surface area contributed by atoms with Crippen molar-refractivity contribution in [1.82, 2.24) is 0 Å². The lowest BCUT2D eigenvalue weighted by Gasteiger charge is -2.16. The van der Waals surface area contributed by atoms with E-state index < -0.39 is 48.9 Å². The van der Waals surface area contributed by atoms with Crippen molar-refractivity contribution in [1.29, 1.82) is 0 Å². The molecule has 3 N–H and O–H groups in total. The SMILES string of the molecule is O=C(OC1O[C@H](CO)[C@H](O)[C@H]1O)c1cccc(C(F)(F)F)c1. The van der Waals surface area contributed by atoms with Gasteiger partial charge in [0, 0.05) is 0 Å². The van der Waals surface area contributed by atoms with E-state index in [1.54, 1.807) is 0 Å². The average Bonchev–Trinajstić information content (AvgIpc) is 2.74. The molecular formula is C13H13F3O6. The number of benzene rings is 1. The molecule has 0 amide bonds. The number of carbonyl (C=O) groups excluding carboxylic acids is 1. The second-order valence-electron chi connectivity index (χ2n) is 4.69. The van der Waals surface area contributed by atoms with Crippen LogP contribution in [0.1, 0.15) is 15.9 Å². The van der Waals surface area contributed by atoms with Gasteiger partial charge in [0.1, 0.15) is 18.3 Å². The summed E-state index contributed by atoms with van der Waals surface area (Å²) >= 11 is 0. The molecule has 1 heterocycles. The minimum atomic E-state index is -4.61. The molecule has 0 saturated carbocycles. The molecule has 0 aromatic heterocycles. The summed E-state index contributed by atoms with van der Waals surface area (Å²) in [6, 6.07) is 3.54. The number of halogens is 3. The van der Waals surface area contributed by atoms with Crippen LogP contribution in [0.3, 0.4) is 0 Å². The molecule has 122 valence electrons. The third kappa shape index (κ3) is 3.38. The highest BCUT2D eigenvalue weighted by molar-refractivity contribution is 5.89. The first-order valence-corrected chi connectivity index (χ1v) is 6.24. The Balaban J connectivity index is 2.10. The molecule has 1 unspecified atom stereocenters. The summed E-state index contributed by atoms with van der Waals surface area (Å²) in [5, 5.41) is 28.0. The van der Waals surface area contributed by atoms with E-state index in [0.717, 1.165) is 18.2 Å². The minimum absolute atomic E-state index is 0.382. The number of carbonyl (C=O) groups is 1. The summed E-state index contributed by atoms with van der Waals surface area (Å²) in [4.78, 5) is 11.8. The molecule has 22 heavy (non-hydrogen) atoms. The van der Waals surface area contributed by atoms with E-state index in [-0.39, 0.29) is 5.56 Å². The van der Waals surface area contributed by atoms with Crippen LogP contribution in [0.2, 0.25) is 0 Å². The van der Waals surface area contributed by atoms with Crippen molar-refractivity contribution in [2.24, 2.45) is 0 Å². The van der Waals surface area contributed by atoms with Crippen molar-refractivity contribution in [3.8, 4) is 0 Å². The third-order valence-electron chi connectivity index (χ3n) is 3.15. The van der Waals surface area contributed by atoms with Crippen LogP contribution in [0, 0.1) is 0 Å². The summed E-state index contributed by atoms with van der Waals surface area (Å²) in [7, 11) is 0. The molecule has 4 atom stereocenters. The number of alkyl halides is 3. The molecular weight excluding hydrogens is 309 g/mol. The van der Waals surface area contributed by atoms with Gasteiger partial charge in [-0.2, -0.15) is 13.2 Å². The normalized spacial score (nSPS) is 28.6. The summed E-state index contributed by atoms with van der Waals surface area (Å²) in [5.41, 5.74) is -1.41. The number of rotatable bonds is 3. The first-order valence-electron chi connectivity index (χ1n) is 6.24.